The number of nitrogens with zero attached hydrogens (tertiary/aromatic N) is 4. The van der Waals surface area contributed by atoms with Crippen molar-refractivity contribution in [2.75, 3.05) is 12.4 Å². The summed E-state index contributed by atoms with van der Waals surface area (Å²) in [6, 6.07) is 0. The van der Waals surface area contributed by atoms with Gasteiger partial charge in [0.2, 0.25) is 0 Å². The van der Waals surface area contributed by atoms with E-state index in [0.29, 0.717) is 5.92 Å². The van der Waals surface area contributed by atoms with E-state index < -0.39 is 0 Å². The Morgan fingerprint density at radius 1 is 1.29 bits per heavy atom. The number of hydrogen-bond acceptors (Lipinski definition) is 4. The predicted octanol–water partition coefficient (Wildman–Crippen LogP) is 2.14. The Bertz CT molecular complexity index is 502. The summed E-state index contributed by atoms with van der Waals surface area (Å²) in [5.74, 6) is 2.88. The fourth-order valence-electron chi connectivity index (χ4n) is 1.66. The molecule has 5 heteroatoms. The van der Waals surface area contributed by atoms with Gasteiger partial charge < -0.3 is 5.32 Å². The lowest BCUT2D eigenvalue weighted by Gasteiger charge is -2.13. The van der Waals surface area contributed by atoms with E-state index >= 15 is 0 Å². The van der Waals surface area contributed by atoms with E-state index in [1.54, 1.807) is 12.5 Å². The molecule has 2 aromatic rings. The second-order valence-electron chi connectivity index (χ2n) is 4.25. The van der Waals surface area contributed by atoms with Crippen molar-refractivity contribution in [3.8, 4) is 5.82 Å². The van der Waals surface area contributed by atoms with Crippen LogP contribution in [0.4, 0.5) is 5.82 Å². The van der Waals surface area contributed by atoms with Crippen LogP contribution in [-0.2, 0) is 0 Å². The topological polar surface area (TPSA) is 55.6 Å². The molecule has 0 aliphatic carbocycles. The van der Waals surface area contributed by atoms with Crippen molar-refractivity contribution >= 4 is 5.82 Å². The molecule has 0 radical (unpaired) electrons. The van der Waals surface area contributed by atoms with Gasteiger partial charge in [-0.2, -0.15) is 0 Å². The van der Waals surface area contributed by atoms with E-state index in [1.165, 1.54) is 0 Å². The summed E-state index contributed by atoms with van der Waals surface area (Å²) in [5, 5.41) is 3.11. The quantitative estimate of drug-likeness (QED) is 0.879. The summed E-state index contributed by atoms with van der Waals surface area (Å²) in [7, 11) is 1.87. The Kier molecular flexibility index (Phi) is 3.08. The van der Waals surface area contributed by atoms with Gasteiger partial charge in [0.15, 0.2) is 0 Å². The molecule has 0 fully saturated rings. The van der Waals surface area contributed by atoms with Gasteiger partial charge in [0, 0.05) is 30.9 Å². The molecule has 90 valence electrons. The molecule has 17 heavy (non-hydrogen) atoms. The molecular weight excluding hydrogens is 214 g/mol. The lowest BCUT2D eigenvalue weighted by molar-refractivity contribution is 0.759. The molecular formula is C12H17N5. The zero-order valence-corrected chi connectivity index (χ0v) is 10.6. The second-order valence-corrected chi connectivity index (χ2v) is 4.25. The summed E-state index contributed by atoms with van der Waals surface area (Å²) >= 11 is 0. The van der Waals surface area contributed by atoms with Crippen LogP contribution in [0.5, 0.6) is 0 Å². The fraction of sp³-hybridized carbons (Fsp3) is 0.417. The zero-order valence-electron chi connectivity index (χ0n) is 10.6. The third-order valence-electron chi connectivity index (χ3n) is 2.64. The first-order valence-corrected chi connectivity index (χ1v) is 5.68. The Morgan fingerprint density at radius 3 is 2.59 bits per heavy atom. The number of anilines is 1. The van der Waals surface area contributed by atoms with Gasteiger partial charge >= 0.3 is 0 Å². The van der Waals surface area contributed by atoms with Gasteiger partial charge in [-0.15, -0.1) is 0 Å². The molecule has 0 atom stereocenters. The molecule has 2 heterocycles. The second kappa shape index (κ2) is 4.53. The average Bonchev–Trinajstić information content (AvgIpc) is 2.82. The standard InChI is InChI=1S/C12H17N5/c1-8(2)10-15-11(13-4)9(3)12(16-10)17-6-5-14-7-17/h5-8H,1-4H3,(H,13,15,16). The maximum Gasteiger partial charge on any atom is 0.146 e. The maximum absolute atomic E-state index is 4.59. The highest BCUT2D eigenvalue weighted by Crippen LogP contribution is 2.21. The fourth-order valence-corrected chi connectivity index (χ4v) is 1.66. The van der Waals surface area contributed by atoms with E-state index in [0.717, 1.165) is 23.0 Å². The molecule has 2 aromatic heterocycles. The van der Waals surface area contributed by atoms with Gasteiger partial charge in [-0.05, 0) is 6.92 Å². The van der Waals surface area contributed by atoms with Crippen LogP contribution >= 0.6 is 0 Å². The summed E-state index contributed by atoms with van der Waals surface area (Å²) in [6.45, 7) is 6.18. The van der Waals surface area contributed by atoms with Gasteiger partial charge in [0.1, 0.15) is 23.8 Å². The zero-order chi connectivity index (χ0) is 12.4. The summed E-state index contributed by atoms with van der Waals surface area (Å²) in [5.41, 5.74) is 1.02. The molecule has 0 saturated carbocycles. The van der Waals surface area contributed by atoms with E-state index in [-0.39, 0.29) is 0 Å². The average molecular weight is 231 g/mol. The third kappa shape index (κ3) is 2.13. The highest BCUT2D eigenvalue weighted by Gasteiger charge is 2.13. The Balaban J connectivity index is 2.61. The van der Waals surface area contributed by atoms with Crippen LogP contribution in [0.25, 0.3) is 5.82 Å². The van der Waals surface area contributed by atoms with Crippen molar-refractivity contribution in [3.63, 3.8) is 0 Å². The molecule has 5 nitrogen and oxygen atoms in total. The summed E-state index contributed by atoms with van der Waals surface area (Å²) in [6.07, 6.45) is 5.38. The number of aromatic nitrogens is 4. The number of nitrogens with one attached hydrogen (secondary N) is 1. The first-order chi connectivity index (χ1) is 8.13. The SMILES string of the molecule is CNc1nc(C(C)C)nc(-n2ccnc2)c1C. The van der Waals surface area contributed by atoms with Crippen LogP contribution in [0.15, 0.2) is 18.7 Å². The third-order valence-corrected chi connectivity index (χ3v) is 2.64. The van der Waals surface area contributed by atoms with Gasteiger partial charge in [-0.25, -0.2) is 15.0 Å². The molecule has 0 spiro atoms. The normalized spacial score (nSPS) is 10.9. The molecule has 0 saturated heterocycles. The van der Waals surface area contributed by atoms with Gasteiger partial charge in [0.25, 0.3) is 0 Å². The van der Waals surface area contributed by atoms with Crippen LogP contribution in [0.1, 0.15) is 31.2 Å². The van der Waals surface area contributed by atoms with Crippen molar-refractivity contribution in [2.24, 2.45) is 0 Å². The molecule has 1 N–H and O–H groups in total. The minimum atomic E-state index is 0.296. The van der Waals surface area contributed by atoms with Crippen molar-refractivity contribution in [1.29, 1.82) is 0 Å². The van der Waals surface area contributed by atoms with Gasteiger partial charge in [-0.3, -0.25) is 4.57 Å². The van der Waals surface area contributed by atoms with Crippen molar-refractivity contribution in [3.05, 3.63) is 30.1 Å². The molecule has 0 bridgehead atoms. The van der Waals surface area contributed by atoms with E-state index in [9.17, 15) is 0 Å². The van der Waals surface area contributed by atoms with E-state index in [1.807, 2.05) is 24.7 Å². The van der Waals surface area contributed by atoms with E-state index in [2.05, 4.69) is 34.1 Å². The maximum atomic E-state index is 4.59. The lowest BCUT2D eigenvalue weighted by Crippen LogP contribution is -2.09. The van der Waals surface area contributed by atoms with Gasteiger partial charge in [-0.1, -0.05) is 13.8 Å². The van der Waals surface area contributed by atoms with Crippen LogP contribution in [-0.4, -0.2) is 26.6 Å². The first kappa shape index (κ1) is 11.6. The Labute approximate surface area is 101 Å². The minimum absolute atomic E-state index is 0.296. The van der Waals surface area contributed by atoms with Crippen LogP contribution < -0.4 is 5.32 Å². The van der Waals surface area contributed by atoms with E-state index in [4.69, 9.17) is 0 Å². The number of imidazole rings is 1. The highest BCUT2D eigenvalue weighted by atomic mass is 15.1. The Hall–Kier alpha value is -1.91. The van der Waals surface area contributed by atoms with Crippen LogP contribution in [0, 0.1) is 6.92 Å². The molecule has 0 unspecified atom stereocenters. The summed E-state index contributed by atoms with van der Waals surface area (Å²) in [4.78, 5) is 13.2. The largest absolute Gasteiger partial charge is 0.373 e. The smallest absolute Gasteiger partial charge is 0.146 e. The Morgan fingerprint density at radius 2 is 2.06 bits per heavy atom. The predicted molar refractivity (Wildman–Crippen MR) is 67.5 cm³/mol. The molecule has 0 aliphatic rings. The first-order valence-electron chi connectivity index (χ1n) is 5.68. The van der Waals surface area contributed by atoms with Crippen molar-refractivity contribution < 1.29 is 0 Å². The van der Waals surface area contributed by atoms with Crippen LogP contribution in [0.2, 0.25) is 0 Å². The molecule has 0 aromatic carbocycles. The lowest BCUT2D eigenvalue weighted by atomic mass is 10.2. The number of rotatable bonds is 3. The van der Waals surface area contributed by atoms with Crippen molar-refractivity contribution in [2.45, 2.75) is 26.7 Å². The molecule has 0 aliphatic heterocycles. The highest BCUT2D eigenvalue weighted by molar-refractivity contribution is 5.51. The molecule has 2 rings (SSSR count). The summed E-state index contributed by atoms with van der Waals surface area (Å²) < 4.78 is 1.91. The monoisotopic (exact) mass is 231 g/mol. The van der Waals surface area contributed by atoms with Crippen LogP contribution in [0.3, 0.4) is 0 Å². The minimum Gasteiger partial charge on any atom is -0.373 e. The van der Waals surface area contributed by atoms with Gasteiger partial charge in [0.05, 0.1) is 0 Å². The number of hydrogen-bond donors (Lipinski definition) is 1. The van der Waals surface area contributed by atoms with Crippen molar-refractivity contribution in [1.82, 2.24) is 19.5 Å². The molecule has 0 amide bonds.